The SMILES string of the molecule is COc1ccc2[nH]c(C3=CN=C(c4cnc(N5CCC(CC(=O)O)CC5)nc4)CC3)nc2n1. The fourth-order valence-electron chi connectivity index (χ4n) is 4.30. The number of anilines is 1. The van der Waals surface area contributed by atoms with E-state index >= 15 is 0 Å². The van der Waals surface area contributed by atoms with Gasteiger partial charge in [0, 0.05) is 55.3 Å². The molecule has 0 bridgehead atoms. The van der Waals surface area contributed by atoms with Crippen molar-refractivity contribution in [3.8, 4) is 5.88 Å². The van der Waals surface area contributed by atoms with E-state index in [0.29, 0.717) is 17.5 Å². The van der Waals surface area contributed by atoms with E-state index in [9.17, 15) is 4.79 Å². The number of aromatic nitrogens is 5. The van der Waals surface area contributed by atoms with Crippen LogP contribution in [0.4, 0.5) is 5.95 Å². The maximum atomic E-state index is 10.9. The highest BCUT2D eigenvalue weighted by molar-refractivity contribution is 6.02. The largest absolute Gasteiger partial charge is 0.481 e. The monoisotopic (exact) mass is 447 g/mol. The van der Waals surface area contributed by atoms with Crippen LogP contribution in [0.15, 0.2) is 35.7 Å². The third kappa shape index (κ3) is 4.55. The zero-order chi connectivity index (χ0) is 22.8. The van der Waals surface area contributed by atoms with Crippen molar-refractivity contribution in [2.75, 3.05) is 25.1 Å². The Morgan fingerprint density at radius 2 is 1.97 bits per heavy atom. The van der Waals surface area contributed by atoms with Crippen LogP contribution in [0, 0.1) is 5.92 Å². The van der Waals surface area contributed by atoms with Gasteiger partial charge in [-0.25, -0.2) is 15.0 Å². The summed E-state index contributed by atoms with van der Waals surface area (Å²) in [6, 6.07) is 3.71. The van der Waals surface area contributed by atoms with E-state index in [2.05, 4.69) is 34.8 Å². The van der Waals surface area contributed by atoms with Crippen LogP contribution in [-0.2, 0) is 4.79 Å². The van der Waals surface area contributed by atoms with E-state index < -0.39 is 5.97 Å². The Morgan fingerprint density at radius 1 is 1.18 bits per heavy atom. The summed E-state index contributed by atoms with van der Waals surface area (Å²) in [5.74, 6) is 1.50. The van der Waals surface area contributed by atoms with E-state index in [4.69, 9.17) is 9.84 Å². The van der Waals surface area contributed by atoms with Crippen molar-refractivity contribution in [2.24, 2.45) is 10.9 Å². The standard InChI is InChI=1S/C23H25N7O3/c1-33-19-5-4-18-22(28-19)29-21(27-18)15-2-3-17(24-11-15)16-12-25-23(26-13-16)30-8-6-14(7-9-30)10-20(31)32/h4-5,11-14H,2-3,6-10H2,1H3,(H,31,32)(H,27,28,29). The minimum atomic E-state index is -0.725. The van der Waals surface area contributed by atoms with Gasteiger partial charge in [0.05, 0.1) is 18.3 Å². The summed E-state index contributed by atoms with van der Waals surface area (Å²) in [6.45, 7) is 1.56. The number of hydrogen-bond acceptors (Lipinski definition) is 8. The molecule has 0 amide bonds. The number of methoxy groups -OCH3 is 1. The van der Waals surface area contributed by atoms with Gasteiger partial charge in [-0.15, -0.1) is 0 Å². The molecule has 1 saturated heterocycles. The van der Waals surface area contributed by atoms with Crippen LogP contribution in [-0.4, -0.2) is 61.9 Å². The van der Waals surface area contributed by atoms with Gasteiger partial charge in [-0.05, 0) is 37.7 Å². The van der Waals surface area contributed by atoms with Crippen molar-refractivity contribution in [2.45, 2.75) is 32.1 Å². The molecule has 0 radical (unpaired) electrons. The molecule has 10 heteroatoms. The molecule has 0 spiro atoms. The molecule has 5 rings (SSSR count). The number of allylic oxidation sites excluding steroid dienone is 1. The average molecular weight is 447 g/mol. The maximum absolute atomic E-state index is 10.9. The smallest absolute Gasteiger partial charge is 0.303 e. The summed E-state index contributed by atoms with van der Waals surface area (Å²) in [5, 5.41) is 8.97. The molecule has 0 atom stereocenters. The van der Waals surface area contributed by atoms with Gasteiger partial charge in [0.25, 0.3) is 0 Å². The minimum Gasteiger partial charge on any atom is -0.481 e. The second-order valence-corrected chi connectivity index (χ2v) is 8.34. The van der Waals surface area contributed by atoms with Gasteiger partial charge in [0.15, 0.2) is 5.65 Å². The fourth-order valence-corrected chi connectivity index (χ4v) is 4.30. The fraction of sp³-hybridized carbons (Fsp3) is 0.391. The predicted molar refractivity (Wildman–Crippen MR) is 123 cm³/mol. The Morgan fingerprint density at radius 3 is 2.64 bits per heavy atom. The van der Waals surface area contributed by atoms with Crippen LogP contribution >= 0.6 is 0 Å². The summed E-state index contributed by atoms with van der Waals surface area (Å²) in [6.07, 6.45) is 8.99. The number of carbonyl (C=O) groups is 1. The van der Waals surface area contributed by atoms with Gasteiger partial charge in [-0.2, -0.15) is 4.98 Å². The third-order valence-corrected chi connectivity index (χ3v) is 6.17. The highest BCUT2D eigenvalue weighted by Crippen LogP contribution is 2.27. The molecule has 3 aromatic rings. The first-order valence-electron chi connectivity index (χ1n) is 11.0. The van der Waals surface area contributed by atoms with Crippen molar-refractivity contribution in [3.63, 3.8) is 0 Å². The van der Waals surface area contributed by atoms with Gasteiger partial charge in [0.1, 0.15) is 5.82 Å². The first-order valence-corrected chi connectivity index (χ1v) is 11.0. The number of nitrogens with zero attached hydrogens (tertiary/aromatic N) is 6. The molecule has 3 aromatic heterocycles. The van der Waals surface area contributed by atoms with E-state index in [1.807, 2.05) is 24.7 Å². The number of imidazole rings is 1. The van der Waals surface area contributed by atoms with Crippen LogP contribution in [0.5, 0.6) is 5.88 Å². The van der Waals surface area contributed by atoms with E-state index in [1.54, 1.807) is 13.2 Å². The first kappa shape index (κ1) is 21.0. The lowest BCUT2D eigenvalue weighted by Gasteiger charge is -2.31. The average Bonchev–Trinajstić information content (AvgIpc) is 3.28. The van der Waals surface area contributed by atoms with Gasteiger partial charge >= 0.3 is 5.97 Å². The second-order valence-electron chi connectivity index (χ2n) is 8.34. The summed E-state index contributed by atoms with van der Waals surface area (Å²) in [4.78, 5) is 39.0. The number of H-pyrrole nitrogens is 1. The zero-order valence-corrected chi connectivity index (χ0v) is 18.4. The number of carboxylic acids is 1. The van der Waals surface area contributed by atoms with Gasteiger partial charge < -0.3 is 19.7 Å². The number of aliphatic imine (C=N–C) groups is 1. The lowest BCUT2D eigenvalue weighted by atomic mass is 9.94. The van der Waals surface area contributed by atoms with Crippen molar-refractivity contribution in [1.82, 2.24) is 24.9 Å². The van der Waals surface area contributed by atoms with Crippen molar-refractivity contribution < 1.29 is 14.6 Å². The maximum Gasteiger partial charge on any atom is 0.303 e. The molecule has 1 fully saturated rings. The number of carboxylic acid groups (broad SMARTS) is 1. The van der Waals surface area contributed by atoms with Crippen LogP contribution in [0.3, 0.4) is 0 Å². The van der Waals surface area contributed by atoms with Crippen LogP contribution in [0.2, 0.25) is 0 Å². The second kappa shape index (κ2) is 8.97. The molecule has 170 valence electrons. The molecule has 0 aliphatic carbocycles. The summed E-state index contributed by atoms with van der Waals surface area (Å²) in [7, 11) is 1.59. The molecule has 5 heterocycles. The molecule has 0 aromatic carbocycles. The van der Waals surface area contributed by atoms with E-state index in [1.165, 1.54) is 0 Å². The molecule has 10 nitrogen and oxygen atoms in total. The van der Waals surface area contributed by atoms with Crippen LogP contribution < -0.4 is 9.64 Å². The van der Waals surface area contributed by atoms with Crippen LogP contribution in [0.25, 0.3) is 16.7 Å². The Kier molecular flexibility index (Phi) is 5.72. The van der Waals surface area contributed by atoms with E-state index in [-0.39, 0.29) is 12.3 Å². The molecule has 0 unspecified atom stereocenters. The van der Waals surface area contributed by atoms with Gasteiger partial charge in [-0.3, -0.25) is 9.79 Å². The highest BCUT2D eigenvalue weighted by atomic mass is 16.5. The summed E-state index contributed by atoms with van der Waals surface area (Å²) >= 11 is 0. The van der Waals surface area contributed by atoms with Crippen LogP contribution in [0.1, 0.15) is 43.5 Å². The number of aliphatic carboxylic acids is 1. The first-order chi connectivity index (χ1) is 16.1. The summed E-state index contributed by atoms with van der Waals surface area (Å²) < 4.78 is 5.17. The normalized spacial score (nSPS) is 17.1. The van der Waals surface area contributed by atoms with E-state index in [0.717, 1.165) is 67.0 Å². The number of hydrogen-bond donors (Lipinski definition) is 2. The highest BCUT2D eigenvalue weighted by Gasteiger charge is 2.23. The Hall–Kier alpha value is -3.82. The number of rotatable bonds is 6. The number of aromatic amines is 1. The third-order valence-electron chi connectivity index (χ3n) is 6.17. The predicted octanol–water partition coefficient (Wildman–Crippen LogP) is 3.07. The lowest BCUT2D eigenvalue weighted by molar-refractivity contribution is -0.138. The number of pyridine rings is 1. The lowest BCUT2D eigenvalue weighted by Crippen LogP contribution is -2.35. The number of ether oxygens (including phenoxy) is 1. The van der Waals surface area contributed by atoms with Gasteiger partial charge in [-0.1, -0.05) is 0 Å². The van der Waals surface area contributed by atoms with Crippen molar-refractivity contribution in [1.29, 1.82) is 0 Å². The zero-order valence-electron chi connectivity index (χ0n) is 18.4. The topological polar surface area (TPSA) is 129 Å². The molecule has 0 saturated carbocycles. The molecular formula is C23H25N7O3. The van der Waals surface area contributed by atoms with Crippen molar-refractivity contribution in [3.05, 3.63) is 42.1 Å². The summed E-state index contributed by atoms with van der Waals surface area (Å²) in [5.41, 5.74) is 4.36. The quantitative estimate of drug-likeness (QED) is 0.590. The Bertz CT molecular complexity index is 1220. The number of fused-ring (bicyclic) bond motifs is 1. The minimum absolute atomic E-state index is 0.236. The van der Waals surface area contributed by atoms with Gasteiger partial charge in [0.2, 0.25) is 11.8 Å². The number of piperidine rings is 1. The molecule has 2 aliphatic heterocycles. The Balaban J connectivity index is 1.26. The number of nitrogens with one attached hydrogen (secondary N) is 1. The van der Waals surface area contributed by atoms with Crippen molar-refractivity contribution >= 4 is 34.4 Å². The molecule has 2 N–H and O–H groups in total. The molecular weight excluding hydrogens is 422 g/mol. The molecule has 2 aliphatic rings. The Labute approximate surface area is 190 Å². The molecule has 33 heavy (non-hydrogen) atoms.